The van der Waals surface area contributed by atoms with E-state index in [2.05, 4.69) is 4.90 Å². The van der Waals surface area contributed by atoms with Gasteiger partial charge in [-0.15, -0.1) is 0 Å². The lowest BCUT2D eigenvalue weighted by molar-refractivity contribution is -0.134. The highest BCUT2D eigenvalue weighted by Gasteiger charge is 2.55. The maximum Gasteiger partial charge on any atom is 0.327 e. The summed E-state index contributed by atoms with van der Waals surface area (Å²) in [6.45, 7) is 3.37. The summed E-state index contributed by atoms with van der Waals surface area (Å²) in [7, 11) is 3.32. The zero-order valence-electron chi connectivity index (χ0n) is 11.6. The van der Waals surface area contributed by atoms with Crippen molar-refractivity contribution in [2.24, 2.45) is 0 Å². The van der Waals surface area contributed by atoms with Crippen LogP contribution in [-0.2, 0) is 9.53 Å². The van der Waals surface area contributed by atoms with Gasteiger partial charge in [0.05, 0.1) is 6.61 Å². The van der Waals surface area contributed by atoms with Crippen molar-refractivity contribution in [3.05, 3.63) is 0 Å². The minimum absolute atomic E-state index is 0.0395. The van der Waals surface area contributed by atoms with E-state index >= 15 is 0 Å². The van der Waals surface area contributed by atoms with Crippen molar-refractivity contribution < 1.29 is 14.3 Å². The number of carbonyl (C=O) groups excluding carboxylic acids is 2. The van der Waals surface area contributed by atoms with Gasteiger partial charge in [0.25, 0.3) is 5.91 Å². The molecule has 3 amide bonds. The Balaban J connectivity index is 1.72. The molecule has 0 aromatic carbocycles. The van der Waals surface area contributed by atoms with Crippen LogP contribution in [0.1, 0.15) is 19.3 Å². The summed E-state index contributed by atoms with van der Waals surface area (Å²) in [4.78, 5) is 29.6. The van der Waals surface area contributed by atoms with Gasteiger partial charge in [-0.25, -0.2) is 4.79 Å². The van der Waals surface area contributed by atoms with E-state index in [1.807, 2.05) is 0 Å². The number of urea groups is 1. The Morgan fingerprint density at radius 1 is 1.21 bits per heavy atom. The molecule has 106 valence electrons. The fraction of sp³-hybridized carbons (Fsp3) is 0.846. The van der Waals surface area contributed by atoms with E-state index in [0.717, 1.165) is 45.6 Å². The molecule has 3 saturated heterocycles. The SMILES string of the molecule is CN1C(=O)N(C)C2(CCN([C@@H]3CCOC3)CC2)C1=O. The molecule has 3 aliphatic heterocycles. The predicted octanol–water partition coefficient (Wildman–Crippen LogP) is 0.134. The van der Waals surface area contributed by atoms with Gasteiger partial charge in [0.15, 0.2) is 0 Å². The molecule has 0 saturated carbocycles. The van der Waals surface area contributed by atoms with Crippen LogP contribution in [0.2, 0.25) is 0 Å². The zero-order valence-corrected chi connectivity index (χ0v) is 11.6. The third-order valence-corrected chi connectivity index (χ3v) is 4.97. The summed E-state index contributed by atoms with van der Waals surface area (Å²) in [5.41, 5.74) is -0.595. The fourth-order valence-electron chi connectivity index (χ4n) is 3.57. The number of carbonyl (C=O) groups is 2. The van der Waals surface area contributed by atoms with Gasteiger partial charge in [0, 0.05) is 39.8 Å². The minimum atomic E-state index is -0.595. The van der Waals surface area contributed by atoms with Crippen molar-refractivity contribution in [1.29, 1.82) is 0 Å². The molecular formula is C13H21N3O3. The second-order valence-corrected chi connectivity index (χ2v) is 5.79. The number of ether oxygens (including phenoxy) is 1. The van der Waals surface area contributed by atoms with Gasteiger partial charge in [0.1, 0.15) is 5.54 Å². The molecule has 19 heavy (non-hydrogen) atoms. The third kappa shape index (κ3) is 1.77. The van der Waals surface area contributed by atoms with Crippen molar-refractivity contribution >= 4 is 11.9 Å². The second-order valence-electron chi connectivity index (χ2n) is 5.79. The monoisotopic (exact) mass is 267 g/mol. The van der Waals surface area contributed by atoms with E-state index in [1.54, 1.807) is 19.0 Å². The highest BCUT2D eigenvalue weighted by molar-refractivity contribution is 6.06. The molecule has 0 aromatic heterocycles. The molecule has 0 unspecified atom stereocenters. The Bertz CT molecular complexity index is 398. The number of hydrogen-bond donors (Lipinski definition) is 0. The molecule has 6 heteroatoms. The number of imide groups is 1. The Hall–Kier alpha value is -1.14. The zero-order chi connectivity index (χ0) is 13.6. The highest BCUT2D eigenvalue weighted by atomic mass is 16.5. The highest BCUT2D eigenvalue weighted by Crippen LogP contribution is 2.36. The van der Waals surface area contributed by atoms with Crippen molar-refractivity contribution in [1.82, 2.24) is 14.7 Å². The van der Waals surface area contributed by atoms with Crippen LogP contribution < -0.4 is 0 Å². The van der Waals surface area contributed by atoms with Crippen molar-refractivity contribution in [3.8, 4) is 0 Å². The van der Waals surface area contributed by atoms with Crippen LogP contribution in [0.4, 0.5) is 4.79 Å². The van der Waals surface area contributed by atoms with Crippen LogP contribution >= 0.6 is 0 Å². The number of rotatable bonds is 1. The molecule has 0 bridgehead atoms. The molecule has 1 spiro atoms. The molecule has 0 aromatic rings. The van der Waals surface area contributed by atoms with Gasteiger partial charge in [-0.05, 0) is 19.3 Å². The topological polar surface area (TPSA) is 53.1 Å². The van der Waals surface area contributed by atoms with Crippen LogP contribution in [-0.4, -0.2) is 78.6 Å². The molecule has 0 N–H and O–H groups in total. The summed E-state index contributed by atoms with van der Waals surface area (Å²) in [6, 6.07) is 0.315. The predicted molar refractivity (Wildman–Crippen MR) is 68.7 cm³/mol. The maximum absolute atomic E-state index is 12.4. The minimum Gasteiger partial charge on any atom is -0.380 e. The molecule has 6 nitrogen and oxygen atoms in total. The normalized spacial score (nSPS) is 31.8. The van der Waals surface area contributed by atoms with Gasteiger partial charge >= 0.3 is 6.03 Å². The third-order valence-electron chi connectivity index (χ3n) is 4.97. The maximum atomic E-state index is 12.4. The largest absolute Gasteiger partial charge is 0.380 e. The molecule has 1 atom stereocenters. The van der Waals surface area contributed by atoms with Crippen LogP contribution in [0.5, 0.6) is 0 Å². The summed E-state index contributed by atoms with van der Waals surface area (Å²) < 4.78 is 5.42. The first-order chi connectivity index (χ1) is 9.06. The van der Waals surface area contributed by atoms with Crippen LogP contribution in [0.25, 0.3) is 0 Å². The van der Waals surface area contributed by atoms with Crippen molar-refractivity contribution in [3.63, 3.8) is 0 Å². The van der Waals surface area contributed by atoms with E-state index in [-0.39, 0.29) is 11.9 Å². The first-order valence-electron chi connectivity index (χ1n) is 6.94. The Morgan fingerprint density at radius 3 is 2.37 bits per heavy atom. The first kappa shape index (κ1) is 12.9. The number of piperidine rings is 1. The number of likely N-dealkylation sites (N-methyl/N-ethyl adjacent to an activating group) is 2. The van der Waals surface area contributed by atoms with E-state index in [9.17, 15) is 9.59 Å². The number of hydrogen-bond acceptors (Lipinski definition) is 4. The second kappa shape index (κ2) is 4.45. The lowest BCUT2D eigenvalue weighted by atomic mass is 9.85. The molecular weight excluding hydrogens is 246 g/mol. The summed E-state index contributed by atoms with van der Waals surface area (Å²) in [5, 5.41) is 0. The van der Waals surface area contributed by atoms with E-state index in [4.69, 9.17) is 4.74 Å². The van der Waals surface area contributed by atoms with Gasteiger partial charge in [-0.1, -0.05) is 0 Å². The van der Waals surface area contributed by atoms with Crippen LogP contribution in [0.3, 0.4) is 0 Å². The van der Waals surface area contributed by atoms with Crippen molar-refractivity contribution in [2.75, 3.05) is 40.4 Å². The number of amides is 3. The van der Waals surface area contributed by atoms with Crippen molar-refractivity contribution in [2.45, 2.75) is 30.8 Å². The lowest BCUT2D eigenvalue weighted by Crippen LogP contribution is -2.57. The quantitative estimate of drug-likeness (QED) is 0.634. The summed E-state index contributed by atoms with van der Waals surface area (Å²) in [5.74, 6) is -0.0395. The lowest BCUT2D eigenvalue weighted by Gasteiger charge is -2.42. The van der Waals surface area contributed by atoms with Gasteiger partial charge in [-0.3, -0.25) is 14.6 Å². The smallest absolute Gasteiger partial charge is 0.327 e. The molecule has 3 heterocycles. The average molecular weight is 267 g/mol. The standard InChI is InChI=1S/C13H21N3O3/c1-14-11(17)13(15(2)12(14)18)4-6-16(7-5-13)10-3-8-19-9-10/h10H,3-9H2,1-2H3/t10-/m1/s1. The van der Waals surface area contributed by atoms with Gasteiger partial charge < -0.3 is 9.64 Å². The summed E-state index contributed by atoms with van der Waals surface area (Å²) >= 11 is 0. The molecule has 3 fully saturated rings. The Kier molecular flexibility index (Phi) is 3.02. The van der Waals surface area contributed by atoms with E-state index < -0.39 is 5.54 Å². The molecule has 0 radical (unpaired) electrons. The van der Waals surface area contributed by atoms with Crippen LogP contribution in [0, 0.1) is 0 Å². The molecule has 3 aliphatic rings. The van der Waals surface area contributed by atoms with Gasteiger partial charge in [-0.2, -0.15) is 0 Å². The average Bonchev–Trinajstić information content (AvgIpc) is 3.02. The number of likely N-dealkylation sites (tertiary alicyclic amines) is 1. The first-order valence-corrected chi connectivity index (χ1v) is 6.94. The number of nitrogens with zero attached hydrogens (tertiary/aromatic N) is 3. The van der Waals surface area contributed by atoms with E-state index in [0.29, 0.717) is 6.04 Å². The Morgan fingerprint density at radius 2 is 1.89 bits per heavy atom. The van der Waals surface area contributed by atoms with Crippen LogP contribution in [0.15, 0.2) is 0 Å². The molecule has 0 aliphatic carbocycles. The Labute approximate surface area is 113 Å². The van der Waals surface area contributed by atoms with Gasteiger partial charge in [0.2, 0.25) is 0 Å². The fourth-order valence-corrected chi connectivity index (χ4v) is 3.57. The molecule has 3 rings (SSSR count). The summed E-state index contributed by atoms with van der Waals surface area (Å²) in [6.07, 6.45) is 2.54. The van der Waals surface area contributed by atoms with E-state index in [1.165, 1.54) is 4.90 Å².